The van der Waals surface area contributed by atoms with E-state index < -0.39 is 0 Å². The van der Waals surface area contributed by atoms with Crippen LogP contribution in [0.1, 0.15) is 23.4 Å². The molecule has 2 heterocycles. The van der Waals surface area contributed by atoms with Gasteiger partial charge in [-0.1, -0.05) is 0 Å². The molecule has 0 saturated carbocycles. The molecule has 1 saturated heterocycles. The summed E-state index contributed by atoms with van der Waals surface area (Å²) in [4.78, 5) is 17.3. The van der Waals surface area contributed by atoms with Crippen LogP contribution in [0.4, 0.5) is 0 Å². The number of carbonyl (C=O) groups excluding carboxylic acids is 1. The molecular weight excluding hydrogens is 402 g/mol. The van der Waals surface area contributed by atoms with Crippen molar-refractivity contribution in [1.29, 1.82) is 5.26 Å². The van der Waals surface area contributed by atoms with Gasteiger partial charge in [-0.2, -0.15) is 5.26 Å². The van der Waals surface area contributed by atoms with E-state index in [-0.39, 0.29) is 11.5 Å². The van der Waals surface area contributed by atoms with Crippen LogP contribution in [-0.2, 0) is 4.79 Å². The number of aryl methyl sites for hydroxylation is 1. The Bertz CT molecular complexity index is 993. The standard InChI is InChI=1S/C25H33N5O2/c1-19-16-21(20(2)30(19)23-6-8-24(32-4)9-7-23)17-22(18-26)25(31)27-10-5-11-29-14-12-28(3)13-15-29/h6-9,16-17H,5,10-15H2,1-4H3,(H,27,31). The molecule has 1 aliphatic rings. The Morgan fingerprint density at radius 2 is 1.88 bits per heavy atom. The van der Waals surface area contributed by atoms with Gasteiger partial charge in [-0.15, -0.1) is 0 Å². The van der Waals surface area contributed by atoms with Gasteiger partial charge in [-0.3, -0.25) is 4.79 Å². The molecule has 0 spiro atoms. The number of rotatable bonds is 8. The van der Waals surface area contributed by atoms with E-state index in [0.717, 1.165) is 67.5 Å². The number of benzene rings is 1. The zero-order valence-corrected chi connectivity index (χ0v) is 19.5. The first-order valence-corrected chi connectivity index (χ1v) is 11.1. The molecule has 7 nitrogen and oxygen atoms in total. The molecule has 1 aliphatic heterocycles. The van der Waals surface area contributed by atoms with Crippen molar-refractivity contribution >= 4 is 12.0 Å². The SMILES string of the molecule is COc1ccc(-n2c(C)cc(C=C(C#N)C(=O)NCCCN3CCN(C)CC3)c2C)cc1. The Morgan fingerprint density at radius 3 is 2.50 bits per heavy atom. The highest BCUT2D eigenvalue weighted by Crippen LogP contribution is 2.24. The molecule has 170 valence electrons. The van der Waals surface area contributed by atoms with Gasteiger partial charge in [0.15, 0.2) is 0 Å². The van der Waals surface area contributed by atoms with E-state index in [4.69, 9.17) is 4.74 Å². The van der Waals surface area contributed by atoms with E-state index in [2.05, 4.69) is 32.8 Å². The number of piperazine rings is 1. The molecule has 0 aliphatic carbocycles. The van der Waals surface area contributed by atoms with Crippen LogP contribution >= 0.6 is 0 Å². The Kier molecular flexibility index (Phi) is 8.09. The van der Waals surface area contributed by atoms with Gasteiger partial charge in [0.1, 0.15) is 17.4 Å². The first-order valence-electron chi connectivity index (χ1n) is 11.1. The van der Waals surface area contributed by atoms with Gasteiger partial charge in [0, 0.05) is 49.8 Å². The molecule has 1 fully saturated rings. The van der Waals surface area contributed by atoms with E-state index in [9.17, 15) is 10.1 Å². The largest absolute Gasteiger partial charge is 0.497 e. The second kappa shape index (κ2) is 11.0. The van der Waals surface area contributed by atoms with Crippen molar-refractivity contribution in [3.8, 4) is 17.5 Å². The molecule has 1 aromatic carbocycles. The first-order chi connectivity index (χ1) is 15.4. The van der Waals surface area contributed by atoms with Crippen LogP contribution in [0.25, 0.3) is 11.8 Å². The molecule has 3 rings (SSSR count). The van der Waals surface area contributed by atoms with E-state index in [1.165, 1.54) is 0 Å². The van der Waals surface area contributed by atoms with E-state index in [0.29, 0.717) is 6.54 Å². The van der Waals surface area contributed by atoms with E-state index >= 15 is 0 Å². The maximum Gasteiger partial charge on any atom is 0.261 e. The number of methoxy groups -OCH3 is 1. The molecule has 0 radical (unpaired) electrons. The minimum Gasteiger partial charge on any atom is -0.497 e. The van der Waals surface area contributed by atoms with Gasteiger partial charge >= 0.3 is 0 Å². The maximum atomic E-state index is 12.6. The minimum absolute atomic E-state index is 0.125. The molecular formula is C25H33N5O2. The molecule has 0 bridgehead atoms. The van der Waals surface area contributed by atoms with Crippen LogP contribution in [0.5, 0.6) is 5.75 Å². The van der Waals surface area contributed by atoms with Gasteiger partial charge in [0.2, 0.25) is 0 Å². The van der Waals surface area contributed by atoms with Crippen molar-refractivity contribution < 1.29 is 9.53 Å². The smallest absolute Gasteiger partial charge is 0.261 e. The summed E-state index contributed by atoms with van der Waals surface area (Å²) in [7, 11) is 3.78. The topological polar surface area (TPSA) is 73.5 Å². The van der Waals surface area contributed by atoms with Gasteiger partial charge in [0.25, 0.3) is 5.91 Å². The molecule has 7 heteroatoms. The van der Waals surface area contributed by atoms with Crippen LogP contribution < -0.4 is 10.1 Å². The number of nitrogens with one attached hydrogen (secondary N) is 1. The fourth-order valence-corrected chi connectivity index (χ4v) is 4.04. The molecule has 1 amide bonds. The van der Waals surface area contributed by atoms with Gasteiger partial charge in [-0.25, -0.2) is 0 Å². The Hall–Kier alpha value is -3.08. The Balaban J connectivity index is 1.62. The average molecular weight is 436 g/mol. The summed E-state index contributed by atoms with van der Waals surface area (Å²) in [5.41, 5.74) is 4.00. The van der Waals surface area contributed by atoms with Crippen LogP contribution in [0.2, 0.25) is 0 Å². The predicted octanol–water partition coefficient (Wildman–Crippen LogP) is 2.76. The third-order valence-electron chi connectivity index (χ3n) is 6.00. The summed E-state index contributed by atoms with van der Waals surface area (Å²) in [5, 5.41) is 12.5. The zero-order valence-electron chi connectivity index (χ0n) is 19.5. The molecule has 0 atom stereocenters. The minimum atomic E-state index is -0.319. The third-order valence-corrected chi connectivity index (χ3v) is 6.00. The highest BCUT2D eigenvalue weighted by molar-refractivity contribution is 6.01. The van der Waals surface area contributed by atoms with Gasteiger partial charge < -0.3 is 24.4 Å². The van der Waals surface area contributed by atoms with Crippen LogP contribution in [0.3, 0.4) is 0 Å². The van der Waals surface area contributed by atoms with Gasteiger partial charge in [-0.05, 0) is 75.8 Å². The van der Waals surface area contributed by atoms with Crippen molar-refractivity contribution in [3.05, 3.63) is 52.9 Å². The predicted molar refractivity (Wildman–Crippen MR) is 127 cm³/mol. The molecule has 1 aromatic heterocycles. The zero-order chi connectivity index (χ0) is 23.1. The number of carbonyl (C=O) groups is 1. The quantitative estimate of drug-likeness (QED) is 0.392. The van der Waals surface area contributed by atoms with Crippen molar-refractivity contribution in [3.63, 3.8) is 0 Å². The van der Waals surface area contributed by atoms with Crippen LogP contribution in [-0.4, -0.2) is 73.7 Å². The number of amides is 1. The molecule has 1 N–H and O–H groups in total. The number of hydrogen-bond donors (Lipinski definition) is 1. The highest BCUT2D eigenvalue weighted by Gasteiger charge is 2.15. The summed E-state index contributed by atoms with van der Waals surface area (Å²) in [6, 6.07) is 11.9. The second-order valence-electron chi connectivity index (χ2n) is 8.28. The van der Waals surface area contributed by atoms with Gasteiger partial charge in [0.05, 0.1) is 7.11 Å². The summed E-state index contributed by atoms with van der Waals surface area (Å²) in [6.07, 6.45) is 2.55. The summed E-state index contributed by atoms with van der Waals surface area (Å²) in [5.74, 6) is 0.479. The average Bonchev–Trinajstić information content (AvgIpc) is 3.08. The lowest BCUT2D eigenvalue weighted by Crippen LogP contribution is -2.45. The number of nitrogens with zero attached hydrogens (tertiary/aromatic N) is 4. The monoisotopic (exact) mass is 435 g/mol. The maximum absolute atomic E-state index is 12.6. The van der Waals surface area contributed by atoms with Crippen molar-refractivity contribution in [1.82, 2.24) is 19.7 Å². The second-order valence-corrected chi connectivity index (χ2v) is 8.28. The highest BCUT2D eigenvalue weighted by atomic mass is 16.5. The number of aromatic nitrogens is 1. The lowest BCUT2D eigenvalue weighted by Gasteiger charge is -2.32. The van der Waals surface area contributed by atoms with Crippen LogP contribution in [0, 0.1) is 25.2 Å². The number of nitriles is 1. The number of likely N-dealkylation sites (N-methyl/N-ethyl adjacent to an activating group) is 1. The molecule has 0 unspecified atom stereocenters. The van der Waals surface area contributed by atoms with Crippen molar-refractivity contribution in [2.24, 2.45) is 0 Å². The van der Waals surface area contributed by atoms with E-state index in [1.807, 2.05) is 44.2 Å². The normalized spacial score (nSPS) is 15.4. The fourth-order valence-electron chi connectivity index (χ4n) is 4.04. The summed E-state index contributed by atoms with van der Waals surface area (Å²) >= 11 is 0. The number of hydrogen-bond acceptors (Lipinski definition) is 5. The van der Waals surface area contributed by atoms with Crippen molar-refractivity contribution in [2.45, 2.75) is 20.3 Å². The number of ether oxygens (including phenoxy) is 1. The summed E-state index contributed by atoms with van der Waals surface area (Å²) < 4.78 is 7.34. The van der Waals surface area contributed by atoms with Crippen molar-refractivity contribution in [2.75, 3.05) is 53.4 Å². The molecule has 2 aromatic rings. The van der Waals surface area contributed by atoms with Crippen LogP contribution in [0.15, 0.2) is 35.9 Å². The Labute approximate surface area is 190 Å². The lowest BCUT2D eigenvalue weighted by atomic mass is 10.1. The molecule has 32 heavy (non-hydrogen) atoms. The summed E-state index contributed by atoms with van der Waals surface area (Å²) in [6.45, 7) is 9.84. The first kappa shape index (κ1) is 23.6. The fraction of sp³-hybridized carbons (Fsp3) is 0.440. The van der Waals surface area contributed by atoms with E-state index in [1.54, 1.807) is 13.2 Å². The third kappa shape index (κ3) is 5.78. The lowest BCUT2D eigenvalue weighted by molar-refractivity contribution is -0.117. The Morgan fingerprint density at radius 1 is 1.19 bits per heavy atom.